The predicted molar refractivity (Wildman–Crippen MR) is 130 cm³/mol. The largest absolute Gasteiger partial charge is 0.481 e. The average Bonchev–Trinajstić information content (AvgIpc) is 3.09. The predicted octanol–water partition coefficient (Wildman–Crippen LogP) is 5.83. The lowest BCUT2D eigenvalue weighted by molar-refractivity contribution is -0.138. The van der Waals surface area contributed by atoms with Crippen molar-refractivity contribution in [3.63, 3.8) is 0 Å². The zero-order chi connectivity index (χ0) is 26.0. The zero-order valence-electron chi connectivity index (χ0n) is 19.2. The molecular weight excluding hydrogens is 495 g/mol. The molecule has 10 heteroatoms. The average molecular weight is 518 g/mol. The standard InChI is InChI=1S/C26H23ClF3N3O3/c1-32-21-11-6-18(26(28,29)30)14-22(21)33(25(32)31-20-9-7-19(27)8-10-20)15-16-2-4-17(5-3-16)23(34)12-13-24(35)36/h2-11,14,23,34H,12-13,15H2,1H3,(H,35,36)/b31-25-. The highest BCUT2D eigenvalue weighted by molar-refractivity contribution is 6.30. The summed E-state index contributed by atoms with van der Waals surface area (Å²) in [5.41, 5.74) is 2.55. The second-order valence-corrected chi connectivity index (χ2v) is 8.86. The Labute approximate surface area is 209 Å². The molecule has 36 heavy (non-hydrogen) atoms. The van der Waals surface area contributed by atoms with Gasteiger partial charge in [0.15, 0.2) is 0 Å². The summed E-state index contributed by atoms with van der Waals surface area (Å²) in [6.45, 7) is 0.219. The van der Waals surface area contributed by atoms with Crippen molar-refractivity contribution >= 4 is 34.3 Å². The number of nitrogens with zero attached hydrogens (tertiary/aromatic N) is 3. The third-order valence-electron chi connectivity index (χ3n) is 5.89. The summed E-state index contributed by atoms with van der Waals surface area (Å²) in [5.74, 6) is -0.992. The summed E-state index contributed by atoms with van der Waals surface area (Å²) in [6.07, 6.45) is -5.50. The molecule has 0 saturated carbocycles. The fraction of sp³-hybridized carbons (Fsp3) is 0.231. The van der Waals surface area contributed by atoms with Crippen LogP contribution in [0.4, 0.5) is 18.9 Å². The van der Waals surface area contributed by atoms with E-state index in [2.05, 4.69) is 4.99 Å². The topological polar surface area (TPSA) is 79.8 Å². The third kappa shape index (κ3) is 5.63. The molecule has 4 aromatic rings. The number of rotatable bonds is 7. The maximum atomic E-state index is 13.5. The van der Waals surface area contributed by atoms with Gasteiger partial charge in [0.05, 0.1) is 34.9 Å². The summed E-state index contributed by atoms with van der Waals surface area (Å²) in [5, 5.41) is 19.6. The molecule has 0 aliphatic carbocycles. The molecule has 4 rings (SSSR count). The highest BCUT2D eigenvalue weighted by Crippen LogP contribution is 2.31. The van der Waals surface area contributed by atoms with E-state index in [0.717, 1.165) is 17.7 Å². The van der Waals surface area contributed by atoms with Crippen LogP contribution < -0.4 is 5.62 Å². The van der Waals surface area contributed by atoms with Gasteiger partial charge in [-0.25, -0.2) is 4.99 Å². The minimum atomic E-state index is -4.50. The first kappa shape index (κ1) is 25.5. The third-order valence-corrected chi connectivity index (χ3v) is 6.14. The van der Waals surface area contributed by atoms with E-state index in [4.69, 9.17) is 16.7 Å². The number of carboxylic acid groups (broad SMARTS) is 1. The SMILES string of the molecule is Cn1/c(=N/c2ccc(Cl)cc2)n(Cc2ccc(C(O)CCC(=O)O)cc2)c2cc(C(F)(F)F)ccc21. The molecule has 3 aromatic carbocycles. The highest BCUT2D eigenvalue weighted by Gasteiger charge is 2.31. The molecule has 0 amide bonds. The van der Waals surface area contributed by atoms with Crippen LogP contribution in [0.1, 0.15) is 35.6 Å². The van der Waals surface area contributed by atoms with Crippen molar-refractivity contribution in [3.8, 4) is 0 Å². The number of hydrogen-bond acceptors (Lipinski definition) is 3. The number of aliphatic carboxylic acids is 1. The summed E-state index contributed by atoms with van der Waals surface area (Å²) in [4.78, 5) is 15.4. The van der Waals surface area contributed by atoms with Crippen LogP contribution in [0.3, 0.4) is 0 Å². The van der Waals surface area contributed by atoms with Gasteiger partial charge in [-0.2, -0.15) is 13.2 Å². The summed E-state index contributed by atoms with van der Waals surface area (Å²) in [6, 6.07) is 17.3. The van der Waals surface area contributed by atoms with E-state index in [0.29, 0.717) is 32.9 Å². The first-order chi connectivity index (χ1) is 17.0. The Balaban J connectivity index is 1.79. The van der Waals surface area contributed by atoms with Crippen molar-refractivity contribution in [3.05, 3.63) is 94.1 Å². The molecule has 6 nitrogen and oxygen atoms in total. The van der Waals surface area contributed by atoms with Crippen LogP contribution in [0.2, 0.25) is 5.02 Å². The smallest absolute Gasteiger partial charge is 0.416 e. The van der Waals surface area contributed by atoms with E-state index >= 15 is 0 Å². The second-order valence-electron chi connectivity index (χ2n) is 8.42. The number of carboxylic acids is 1. The van der Waals surface area contributed by atoms with Crippen LogP contribution in [-0.4, -0.2) is 25.3 Å². The van der Waals surface area contributed by atoms with Gasteiger partial charge in [-0.1, -0.05) is 35.9 Å². The fourth-order valence-corrected chi connectivity index (χ4v) is 4.10. The second kappa shape index (κ2) is 10.2. The number of aromatic nitrogens is 2. The van der Waals surface area contributed by atoms with Crippen molar-refractivity contribution in [1.29, 1.82) is 0 Å². The van der Waals surface area contributed by atoms with E-state index in [9.17, 15) is 23.1 Å². The van der Waals surface area contributed by atoms with Crippen LogP contribution in [0, 0.1) is 0 Å². The maximum absolute atomic E-state index is 13.5. The van der Waals surface area contributed by atoms with Crippen molar-refractivity contribution in [2.24, 2.45) is 12.0 Å². The molecule has 0 saturated heterocycles. The molecule has 0 bridgehead atoms. The Morgan fingerprint density at radius 1 is 1.03 bits per heavy atom. The molecule has 0 aliphatic rings. The maximum Gasteiger partial charge on any atom is 0.416 e. The van der Waals surface area contributed by atoms with Crippen molar-refractivity contribution in [1.82, 2.24) is 9.13 Å². The Kier molecular flexibility index (Phi) is 7.23. The number of aryl methyl sites for hydroxylation is 1. The lowest BCUT2D eigenvalue weighted by Gasteiger charge is -2.12. The van der Waals surface area contributed by atoms with Crippen molar-refractivity contribution < 1.29 is 28.2 Å². The minimum Gasteiger partial charge on any atom is -0.481 e. The number of halogens is 4. The molecule has 2 N–H and O–H groups in total. The molecule has 0 spiro atoms. The van der Waals surface area contributed by atoms with E-state index in [-0.39, 0.29) is 19.4 Å². The Morgan fingerprint density at radius 3 is 2.31 bits per heavy atom. The molecule has 1 unspecified atom stereocenters. The molecule has 0 fully saturated rings. The molecule has 188 valence electrons. The number of hydrogen-bond donors (Lipinski definition) is 2. The Hall–Kier alpha value is -3.56. The Bertz CT molecular complexity index is 1460. The first-order valence-electron chi connectivity index (χ1n) is 11.1. The normalized spacial score (nSPS) is 13.3. The quantitative estimate of drug-likeness (QED) is 0.324. The fourth-order valence-electron chi connectivity index (χ4n) is 3.97. The van der Waals surface area contributed by atoms with Crippen LogP contribution in [-0.2, 0) is 24.6 Å². The van der Waals surface area contributed by atoms with Crippen LogP contribution in [0.25, 0.3) is 11.0 Å². The Morgan fingerprint density at radius 2 is 1.69 bits per heavy atom. The summed E-state index contributed by atoms with van der Waals surface area (Å²) >= 11 is 5.97. The van der Waals surface area contributed by atoms with E-state index < -0.39 is 23.8 Å². The van der Waals surface area contributed by atoms with Gasteiger partial charge in [-0.05, 0) is 60.0 Å². The van der Waals surface area contributed by atoms with Crippen LogP contribution in [0.5, 0.6) is 0 Å². The van der Waals surface area contributed by atoms with E-state index in [1.807, 2.05) is 0 Å². The van der Waals surface area contributed by atoms with Crippen LogP contribution in [0.15, 0.2) is 71.7 Å². The first-order valence-corrected chi connectivity index (χ1v) is 11.5. The molecule has 1 aromatic heterocycles. The van der Waals surface area contributed by atoms with Gasteiger partial charge in [-0.3, -0.25) is 4.79 Å². The summed E-state index contributed by atoms with van der Waals surface area (Å²) < 4.78 is 43.9. The van der Waals surface area contributed by atoms with Crippen molar-refractivity contribution in [2.45, 2.75) is 31.7 Å². The van der Waals surface area contributed by atoms with Gasteiger partial charge in [0.25, 0.3) is 0 Å². The van der Waals surface area contributed by atoms with Crippen LogP contribution >= 0.6 is 11.6 Å². The van der Waals surface area contributed by atoms with Gasteiger partial charge in [0.1, 0.15) is 0 Å². The van der Waals surface area contributed by atoms with Gasteiger partial charge < -0.3 is 19.3 Å². The van der Waals surface area contributed by atoms with Gasteiger partial charge in [0, 0.05) is 18.5 Å². The lowest BCUT2D eigenvalue weighted by atomic mass is 10.0. The number of carbonyl (C=O) groups is 1. The van der Waals surface area contributed by atoms with Gasteiger partial charge >= 0.3 is 12.1 Å². The molecule has 1 atom stereocenters. The van der Waals surface area contributed by atoms with E-state index in [1.165, 1.54) is 6.07 Å². The number of imidazole rings is 1. The lowest BCUT2D eigenvalue weighted by Crippen LogP contribution is -2.24. The number of alkyl halides is 3. The number of aliphatic hydroxyl groups is 1. The molecule has 0 aliphatic heterocycles. The highest BCUT2D eigenvalue weighted by atomic mass is 35.5. The van der Waals surface area contributed by atoms with Gasteiger partial charge in [-0.15, -0.1) is 0 Å². The number of aliphatic hydroxyl groups excluding tert-OH is 1. The number of benzene rings is 3. The number of fused-ring (bicyclic) bond motifs is 1. The van der Waals surface area contributed by atoms with E-state index in [1.54, 1.807) is 64.7 Å². The minimum absolute atomic E-state index is 0.0804. The molecule has 1 heterocycles. The zero-order valence-corrected chi connectivity index (χ0v) is 20.0. The van der Waals surface area contributed by atoms with Crippen molar-refractivity contribution in [2.75, 3.05) is 0 Å². The molecule has 0 radical (unpaired) electrons. The molecular formula is C26H23ClF3N3O3. The summed E-state index contributed by atoms with van der Waals surface area (Å²) in [7, 11) is 1.74. The monoisotopic (exact) mass is 517 g/mol. The van der Waals surface area contributed by atoms with Gasteiger partial charge in [0.2, 0.25) is 5.62 Å².